The summed E-state index contributed by atoms with van der Waals surface area (Å²) in [6.45, 7) is 9.02. The molecular formula is C14H23FN4. The van der Waals surface area contributed by atoms with Crippen molar-refractivity contribution in [3.8, 4) is 0 Å². The molecule has 2 unspecified atom stereocenters. The fourth-order valence-electron chi connectivity index (χ4n) is 2.74. The third kappa shape index (κ3) is 3.55. The Bertz CT molecular complexity index is 414. The van der Waals surface area contributed by atoms with Gasteiger partial charge in [-0.25, -0.2) is 9.37 Å². The van der Waals surface area contributed by atoms with E-state index in [1.807, 2.05) is 4.90 Å². The van der Waals surface area contributed by atoms with Gasteiger partial charge in [-0.15, -0.1) is 0 Å². The van der Waals surface area contributed by atoms with Crippen LogP contribution in [0.5, 0.6) is 0 Å². The lowest BCUT2D eigenvalue weighted by Crippen LogP contribution is -2.39. The van der Waals surface area contributed by atoms with Gasteiger partial charge in [0.05, 0.1) is 6.20 Å². The van der Waals surface area contributed by atoms with Gasteiger partial charge < -0.3 is 10.2 Å². The molecule has 1 saturated heterocycles. The smallest absolute Gasteiger partial charge is 0.224 e. The zero-order valence-corrected chi connectivity index (χ0v) is 12.0. The molecule has 1 aromatic heterocycles. The molecule has 0 amide bonds. The Balaban J connectivity index is 2.17. The minimum absolute atomic E-state index is 0.330. The highest BCUT2D eigenvalue weighted by molar-refractivity contribution is 5.44. The van der Waals surface area contributed by atoms with Crippen LogP contribution in [0.1, 0.15) is 33.6 Å². The van der Waals surface area contributed by atoms with E-state index in [1.165, 1.54) is 12.6 Å². The normalized spacial score (nSPS) is 23.5. The fraction of sp³-hybridized carbons (Fsp3) is 0.714. The standard InChI is InChI=1S/C14H23FN4/c1-4-5-16-14-17-7-12(15)13(18-14)19-8-10(2)6-11(3)9-19/h7,10-11H,4-6,8-9H2,1-3H3,(H,16,17,18). The number of rotatable bonds is 4. The monoisotopic (exact) mass is 266 g/mol. The number of aromatic nitrogens is 2. The van der Waals surface area contributed by atoms with Crippen LogP contribution in [0, 0.1) is 17.7 Å². The first kappa shape index (κ1) is 14.0. The molecule has 2 rings (SSSR count). The van der Waals surface area contributed by atoms with Gasteiger partial charge >= 0.3 is 0 Å². The molecule has 1 fully saturated rings. The minimum Gasteiger partial charge on any atom is -0.354 e. The highest BCUT2D eigenvalue weighted by atomic mass is 19.1. The lowest BCUT2D eigenvalue weighted by atomic mass is 9.92. The quantitative estimate of drug-likeness (QED) is 0.909. The zero-order valence-electron chi connectivity index (χ0n) is 12.0. The van der Waals surface area contributed by atoms with Crippen LogP contribution in [-0.4, -0.2) is 29.6 Å². The molecule has 0 aromatic carbocycles. The third-order valence-corrected chi connectivity index (χ3v) is 3.43. The molecule has 1 aliphatic rings. The maximum Gasteiger partial charge on any atom is 0.224 e. The Hall–Kier alpha value is -1.39. The number of anilines is 2. The van der Waals surface area contributed by atoms with E-state index in [2.05, 4.69) is 36.1 Å². The van der Waals surface area contributed by atoms with Crippen molar-refractivity contribution in [2.75, 3.05) is 29.9 Å². The van der Waals surface area contributed by atoms with Crippen LogP contribution in [0.4, 0.5) is 16.2 Å². The van der Waals surface area contributed by atoms with Gasteiger partial charge in [-0.2, -0.15) is 4.98 Å². The third-order valence-electron chi connectivity index (χ3n) is 3.43. The van der Waals surface area contributed by atoms with E-state index in [-0.39, 0.29) is 5.82 Å². The summed E-state index contributed by atoms with van der Waals surface area (Å²) in [6.07, 6.45) is 3.46. The molecule has 0 saturated carbocycles. The molecule has 0 aliphatic carbocycles. The SMILES string of the molecule is CCCNc1ncc(F)c(N2CC(C)CC(C)C2)n1. The Labute approximate surface area is 114 Å². The first-order valence-corrected chi connectivity index (χ1v) is 7.11. The average Bonchev–Trinajstić information content (AvgIpc) is 2.36. The van der Waals surface area contributed by atoms with Gasteiger partial charge in [0.15, 0.2) is 11.6 Å². The summed E-state index contributed by atoms with van der Waals surface area (Å²) < 4.78 is 13.9. The number of nitrogens with one attached hydrogen (secondary N) is 1. The Morgan fingerprint density at radius 1 is 1.37 bits per heavy atom. The van der Waals surface area contributed by atoms with Crippen molar-refractivity contribution in [3.63, 3.8) is 0 Å². The summed E-state index contributed by atoms with van der Waals surface area (Å²) in [7, 11) is 0. The van der Waals surface area contributed by atoms with E-state index in [9.17, 15) is 4.39 Å². The number of piperidine rings is 1. The second-order valence-electron chi connectivity index (χ2n) is 5.64. The molecule has 1 N–H and O–H groups in total. The number of hydrogen-bond acceptors (Lipinski definition) is 4. The Morgan fingerprint density at radius 2 is 2.05 bits per heavy atom. The van der Waals surface area contributed by atoms with Crippen molar-refractivity contribution in [1.29, 1.82) is 0 Å². The van der Waals surface area contributed by atoms with E-state index in [0.717, 1.165) is 26.1 Å². The number of hydrogen-bond donors (Lipinski definition) is 1. The summed E-state index contributed by atoms with van der Waals surface area (Å²) in [5, 5.41) is 3.11. The summed E-state index contributed by atoms with van der Waals surface area (Å²) in [4.78, 5) is 10.4. The topological polar surface area (TPSA) is 41.1 Å². The first-order chi connectivity index (χ1) is 9.10. The highest BCUT2D eigenvalue weighted by Gasteiger charge is 2.25. The molecule has 4 nitrogen and oxygen atoms in total. The molecule has 2 atom stereocenters. The molecule has 2 heterocycles. The second kappa shape index (κ2) is 6.17. The predicted molar refractivity (Wildman–Crippen MR) is 75.9 cm³/mol. The largest absolute Gasteiger partial charge is 0.354 e. The Morgan fingerprint density at radius 3 is 2.68 bits per heavy atom. The van der Waals surface area contributed by atoms with E-state index in [4.69, 9.17) is 0 Å². The molecule has 19 heavy (non-hydrogen) atoms. The first-order valence-electron chi connectivity index (χ1n) is 7.11. The molecule has 1 aliphatic heterocycles. The number of halogens is 1. The van der Waals surface area contributed by atoms with Crippen molar-refractivity contribution in [2.45, 2.75) is 33.6 Å². The van der Waals surface area contributed by atoms with Crippen molar-refractivity contribution in [3.05, 3.63) is 12.0 Å². The van der Waals surface area contributed by atoms with Gasteiger partial charge in [-0.05, 0) is 24.7 Å². The van der Waals surface area contributed by atoms with Crippen LogP contribution in [0.3, 0.4) is 0 Å². The lowest BCUT2D eigenvalue weighted by Gasteiger charge is -2.35. The van der Waals surface area contributed by atoms with Crippen LogP contribution in [0.15, 0.2) is 6.20 Å². The molecule has 1 aromatic rings. The molecular weight excluding hydrogens is 243 g/mol. The molecule has 106 valence electrons. The van der Waals surface area contributed by atoms with Crippen LogP contribution < -0.4 is 10.2 Å². The van der Waals surface area contributed by atoms with Crippen molar-refractivity contribution in [2.24, 2.45) is 11.8 Å². The van der Waals surface area contributed by atoms with Crippen molar-refractivity contribution < 1.29 is 4.39 Å². The van der Waals surface area contributed by atoms with Gasteiger partial charge in [0.2, 0.25) is 5.95 Å². The van der Waals surface area contributed by atoms with E-state index >= 15 is 0 Å². The summed E-state index contributed by atoms with van der Waals surface area (Å²) in [5.41, 5.74) is 0. The number of nitrogens with zero attached hydrogens (tertiary/aromatic N) is 3. The molecule has 5 heteroatoms. The maximum atomic E-state index is 13.9. The lowest BCUT2D eigenvalue weighted by molar-refractivity contribution is 0.352. The summed E-state index contributed by atoms with van der Waals surface area (Å²) >= 11 is 0. The molecule has 0 bridgehead atoms. The maximum absolute atomic E-state index is 13.9. The van der Waals surface area contributed by atoms with Crippen LogP contribution in [0.2, 0.25) is 0 Å². The van der Waals surface area contributed by atoms with Crippen molar-refractivity contribution in [1.82, 2.24) is 9.97 Å². The van der Waals surface area contributed by atoms with Gasteiger partial charge in [0.1, 0.15) is 0 Å². The predicted octanol–water partition coefficient (Wildman–Crippen LogP) is 2.92. The van der Waals surface area contributed by atoms with Gasteiger partial charge in [-0.1, -0.05) is 20.8 Å². The van der Waals surface area contributed by atoms with E-state index in [1.54, 1.807) is 0 Å². The van der Waals surface area contributed by atoms with Crippen LogP contribution in [-0.2, 0) is 0 Å². The van der Waals surface area contributed by atoms with Crippen molar-refractivity contribution >= 4 is 11.8 Å². The summed E-state index contributed by atoms with van der Waals surface area (Å²) in [5.74, 6) is 1.77. The minimum atomic E-state index is -0.330. The van der Waals surface area contributed by atoms with Crippen LogP contribution >= 0.6 is 0 Å². The second-order valence-corrected chi connectivity index (χ2v) is 5.64. The van der Waals surface area contributed by atoms with Gasteiger partial charge in [0.25, 0.3) is 0 Å². The Kier molecular flexibility index (Phi) is 4.56. The summed E-state index contributed by atoms with van der Waals surface area (Å²) in [6, 6.07) is 0. The average molecular weight is 266 g/mol. The van der Waals surface area contributed by atoms with Crippen LogP contribution in [0.25, 0.3) is 0 Å². The van der Waals surface area contributed by atoms with E-state index < -0.39 is 0 Å². The zero-order chi connectivity index (χ0) is 13.8. The highest BCUT2D eigenvalue weighted by Crippen LogP contribution is 2.27. The molecule has 0 radical (unpaired) electrons. The van der Waals surface area contributed by atoms with Gasteiger partial charge in [0, 0.05) is 19.6 Å². The fourth-order valence-corrected chi connectivity index (χ4v) is 2.74. The molecule has 0 spiro atoms. The van der Waals surface area contributed by atoms with E-state index in [0.29, 0.717) is 23.6 Å². The van der Waals surface area contributed by atoms with Gasteiger partial charge in [-0.3, -0.25) is 0 Å².